The molecular formula is C13H23N3S. The SMILES string of the molecule is CC(CN)c1csc(C2CCN(C(C)C)C2)n1. The first kappa shape index (κ1) is 13.0. The van der Waals surface area contributed by atoms with Crippen molar-refractivity contribution in [1.29, 1.82) is 0 Å². The van der Waals surface area contributed by atoms with E-state index in [1.165, 1.54) is 30.2 Å². The fraction of sp³-hybridized carbons (Fsp3) is 0.769. The second kappa shape index (κ2) is 5.46. The van der Waals surface area contributed by atoms with Gasteiger partial charge in [-0.1, -0.05) is 6.92 Å². The molecule has 17 heavy (non-hydrogen) atoms. The number of nitrogens with zero attached hydrogens (tertiary/aromatic N) is 2. The van der Waals surface area contributed by atoms with Gasteiger partial charge in [0, 0.05) is 36.3 Å². The van der Waals surface area contributed by atoms with E-state index in [-0.39, 0.29) is 0 Å². The fourth-order valence-electron chi connectivity index (χ4n) is 2.29. The van der Waals surface area contributed by atoms with Gasteiger partial charge in [0.25, 0.3) is 0 Å². The van der Waals surface area contributed by atoms with Crippen LogP contribution in [0.15, 0.2) is 5.38 Å². The zero-order valence-electron chi connectivity index (χ0n) is 11.0. The summed E-state index contributed by atoms with van der Waals surface area (Å²) >= 11 is 1.81. The summed E-state index contributed by atoms with van der Waals surface area (Å²) in [5, 5.41) is 3.49. The van der Waals surface area contributed by atoms with E-state index in [9.17, 15) is 0 Å². The van der Waals surface area contributed by atoms with Gasteiger partial charge in [0.05, 0.1) is 10.7 Å². The molecule has 2 unspecified atom stereocenters. The molecule has 1 aliphatic rings. The number of aromatic nitrogens is 1. The van der Waals surface area contributed by atoms with Crippen LogP contribution in [0.5, 0.6) is 0 Å². The Balaban J connectivity index is 2.02. The van der Waals surface area contributed by atoms with Gasteiger partial charge in [0.1, 0.15) is 0 Å². The van der Waals surface area contributed by atoms with Crippen molar-refractivity contribution in [2.24, 2.45) is 5.73 Å². The van der Waals surface area contributed by atoms with Gasteiger partial charge >= 0.3 is 0 Å². The lowest BCUT2D eigenvalue weighted by Gasteiger charge is -2.19. The third-order valence-electron chi connectivity index (χ3n) is 3.70. The minimum absolute atomic E-state index is 0.391. The first-order valence-electron chi connectivity index (χ1n) is 6.51. The van der Waals surface area contributed by atoms with Crippen LogP contribution in [-0.2, 0) is 0 Å². The van der Waals surface area contributed by atoms with Gasteiger partial charge in [-0.3, -0.25) is 0 Å². The first-order valence-corrected chi connectivity index (χ1v) is 7.39. The molecule has 96 valence electrons. The van der Waals surface area contributed by atoms with Crippen molar-refractivity contribution in [3.8, 4) is 0 Å². The monoisotopic (exact) mass is 253 g/mol. The molecule has 2 atom stereocenters. The Hall–Kier alpha value is -0.450. The number of likely N-dealkylation sites (tertiary alicyclic amines) is 1. The van der Waals surface area contributed by atoms with Crippen LogP contribution >= 0.6 is 11.3 Å². The van der Waals surface area contributed by atoms with Crippen LogP contribution < -0.4 is 5.73 Å². The molecule has 0 spiro atoms. The zero-order chi connectivity index (χ0) is 12.4. The van der Waals surface area contributed by atoms with Crippen molar-refractivity contribution in [3.05, 3.63) is 16.1 Å². The Labute approximate surface area is 108 Å². The van der Waals surface area contributed by atoms with E-state index in [2.05, 4.69) is 31.1 Å². The lowest BCUT2D eigenvalue weighted by Crippen LogP contribution is -2.27. The van der Waals surface area contributed by atoms with Gasteiger partial charge in [-0.05, 0) is 26.8 Å². The van der Waals surface area contributed by atoms with Crippen LogP contribution in [0.25, 0.3) is 0 Å². The summed E-state index contributed by atoms with van der Waals surface area (Å²) in [6.45, 7) is 9.75. The highest BCUT2D eigenvalue weighted by Gasteiger charge is 2.27. The maximum Gasteiger partial charge on any atom is 0.0972 e. The highest BCUT2D eigenvalue weighted by atomic mass is 32.1. The number of nitrogens with two attached hydrogens (primary N) is 1. The molecule has 1 fully saturated rings. The predicted molar refractivity (Wildman–Crippen MR) is 73.7 cm³/mol. The topological polar surface area (TPSA) is 42.1 Å². The lowest BCUT2D eigenvalue weighted by atomic mass is 10.1. The van der Waals surface area contributed by atoms with Crippen LogP contribution in [0.4, 0.5) is 0 Å². The third-order valence-corrected chi connectivity index (χ3v) is 4.72. The van der Waals surface area contributed by atoms with E-state index in [0.29, 0.717) is 24.4 Å². The highest BCUT2D eigenvalue weighted by molar-refractivity contribution is 7.09. The van der Waals surface area contributed by atoms with Gasteiger partial charge in [-0.15, -0.1) is 11.3 Å². The Morgan fingerprint density at radius 1 is 1.53 bits per heavy atom. The molecule has 1 aliphatic heterocycles. The van der Waals surface area contributed by atoms with Crippen LogP contribution in [0, 0.1) is 0 Å². The van der Waals surface area contributed by atoms with E-state index in [1.54, 1.807) is 0 Å². The molecule has 2 N–H and O–H groups in total. The van der Waals surface area contributed by atoms with Gasteiger partial charge in [-0.2, -0.15) is 0 Å². The zero-order valence-corrected chi connectivity index (χ0v) is 11.8. The van der Waals surface area contributed by atoms with Crippen molar-refractivity contribution < 1.29 is 0 Å². The minimum Gasteiger partial charge on any atom is -0.330 e. The maximum absolute atomic E-state index is 5.68. The van der Waals surface area contributed by atoms with Gasteiger partial charge in [-0.25, -0.2) is 4.98 Å². The Kier molecular flexibility index (Phi) is 4.17. The van der Waals surface area contributed by atoms with E-state index in [1.807, 2.05) is 11.3 Å². The second-order valence-corrected chi connectivity index (χ2v) is 6.21. The summed E-state index contributed by atoms with van der Waals surface area (Å²) < 4.78 is 0. The molecule has 1 aromatic heterocycles. The molecule has 1 aromatic rings. The lowest BCUT2D eigenvalue weighted by molar-refractivity contribution is 0.272. The highest BCUT2D eigenvalue weighted by Crippen LogP contribution is 2.31. The Bertz CT molecular complexity index is 361. The molecule has 0 aliphatic carbocycles. The van der Waals surface area contributed by atoms with Crippen LogP contribution in [-0.4, -0.2) is 35.6 Å². The molecule has 0 aromatic carbocycles. The van der Waals surface area contributed by atoms with Crippen molar-refractivity contribution in [1.82, 2.24) is 9.88 Å². The smallest absolute Gasteiger partial charge is 0.0972 e. The van der Waals surface area contributed by atoms with Gasteiger partial charge in [0.15, 0.2) is 0 Å². The number of rotatable bonds is 4. The summed E-state index contributed by atoms with van der Waals surface area (Å²) in [6, 6.07) is 0.655. The first-order chi connectivity index (χ1) is 8.11. The average Bonchev–Trinajstić information content (AvgIpc) is 2.95. The summed E-state index contributed by atoms with van der Waals surface area (Å²) in [5.41, 5.74) is 6.86. The Morgan fingerprint density at radius 3 is 2.88 bits per heavy atom. The van der Waals surface area contributed by atoms with Crippen LogP contribution in [0.3, 0.4) is 0 Å². The van der Waals surface area contributed by atoms with Gasteiger partial charge in [0.2, 0.25) is 0 Å². The standard InChI is InChI=1S/C13H23N3S/c1-9(2)16-5-4-11(7-16)13-15-12(8-17-13)10(3)6-14/h8-11H,4-7,14H2,1-3H3. The van der Waals surface area contributed by atoms with E-state index < -0.39 is 0 Å². The minimum atomic E-state index is 0.391. The number of thiazole rings is 1. The van der Waals surface area contributed by atoms with Crippen molar-refractivity contribution >= 4 is 11.3 Å². The van der Waals surface area contributed by atoms with E-state index >= 15 is 0 Å². The molecule has 2 heterocycles. The molecule has 1 saturated heterocycles. The molecule has 4 heteroatoms. The normalized spacial score (nSPS) is 23.5. The molecule has 0 amide bonds. The average molecular weight is 253 g/mol. The van der Waals surface area contributed by atoms with E-state index in [0.717, 1.165) is 0 Å². The molecular weight excluding hydrogens is 230 g/mol. The molecule has 2 rings (SSSR count). The van der Waals surface area contributed by atoms with Gasteiger partial charge < -0.3 is 10.6 Å². The van der Waals surface area contributed by atoms with Crippen LogP contribution in [0.2, 0.25) is 0 Å². The number of hydrogen-bond donors (Lipinski definition) is 1. The fourth-order valence-corrected chi connectivity index (χ4v) is 3.36. The van der Waals surface area contributed by atoms with Crippen LogP contribution in [0.1, 0.15) is 49.7 Å². The van der Waals surface area contributed by atoms with E-state index in [4.69, 9.17) is 10.7 Å². The molecule has 3 nitrogen and oxygen atoms in total. The molecule has 0 radical (unpaired) electrons. The quantitative estimate of drug-likeness (QED) is 0.896. The summed E-state index contributed by atoms with van der Waals surface area (Å²) in [5.74, 6) is 1.03. The summed E-state index contributed by atoms with van der Waals surface area (Å²) in [4.78, 5) is 7.31. The third kappa shape index (κ3) is 2.87. The van der Waals surface area contributed by atoms with Crippen molar-refractivity contribution in [3.63, 3.8) is 0 Å². The predicted octanol–water partition coefficient (Wildman–Crippen LogP) is 2.40. The molecule has 0 bridgehead atoms. The van der Waals surface area contributed by atoms with Crippen molar-refractivity contribution in [2.75, 3.05) is 19.6 Å². The second-order valence-electron chi connectivity index (χ2n) is 5.32. The largest absolute Gasteiger partial charge is 0.330 e. The summed E-state index contributed by atoms with van der Waals surface area (Å²) in [6.07, 6.45) is 1.25. The van der Waals surface area contributed by atoms with Crippen molar-refractivity contribution in [2.45, 2.75) is 45.1 Å². The summed E-state index contributed by atoms with van der Waals surface area (Å²) in [7, 11) is 0. The maximum atomic E-state index is 5.68. The number of hydrogen-bond acceptors (Lipinski definition) is 4. The Morgan fingerprint density at radius 2 is 2.29 bits per heavy atom. The molecule has 0 saturated carbocycles.